The van der Waals surface area contributed by atoms with Gasteiger partial charge in [0.15, 0.2) is 0 Å². The maximum atomic E-state index is 12.1. The second kappa shape index (κ2) is 9.11. The number of rotatable bonds is 7. The molecule has 2 heterocycles. The molecule has 3 rings (SSSR count). The van der Waals surface area contributed by atoms with E-state index >= 15 is 0 Å². The van der Waals surface area contributed by atoms with Crippen LogP contribution in [-0.4, -0.2) is 42.0 Å². The predicted octanol–water partition coefficient (Wildman–Crippen LogP) is 3.59. The first-order valence-corrected chi connectivity index (χ1v) is 10.1. The number of hydrogen-bond donors (Lipinski definition) is 1. The van der Waals surface area contributed by atoms with E-state index in [1.54, 1.807) is 11.3 Å². The molecule has 2 aromatic rings. The SMILES string of the molecule is CC1CCN(CCCNC(=O)Cc2csc(-c3ccccc3)n2)CC1. The summed E-state index contributed by atoms with van der Waals surface area (Å²) in [4.78, 5) is 19.2. The Bertz CT molecular complexity index is 663. The molecule has 0 radical (unpaired) electrons. The van der Waals surface area contributed by atoms with Crippen LogP contribution in [0.25, 0.3) is 10.6 Å². The lowest BCUT2D eigenvalue weighted by Crippen LogP contribution is -2.35. The Morgan fingerprint density at radius 2 is 2.04 bits per heavy atom. The summed E-state index contributed by atoms with van der Waals surface area (Å²) in [5.74, 6) is 0.937. The highest BCUT2D eigenvalue weighted by Crippen LogP contribution is 2.23. The van der Waals surface area contributed by atoms with Crippen LogP contribution in [0.5, 0.6) is 0 Å². The molecule has 1 amide bonds. The number of likely N-dealkylation sites (tertiary alicyclic amines) is 1. The van der Waals surface area contributed by atoms with Gasteiger partial charge in [0, 0.05) is 17.5 Å². The fraction of sp³-hybridized carbons (Fsp3) is 0.500. The van der Waals surface area contributed by atoms with Crippen LogP contribution in [0.1, 0.15) is 31.9 Å². The second-order valence-electron chi connectivity index (χ2n) is 6.91. The summed E-state index contributed by atoms with van der Waals surface area (Å²) in [5, 5.41) is 5.99. The zero-order valence-corrected chi connectivity index (χ0v) is 15.7. The Balaban J connectivity index is 1.36. The van der Waals surface area contributed by atoms with Gasteiger partial charge in [-0.1, -0.05) is 37.3 Å². The lowest BCUT2D eigenvalue weighted by atomic mass is 9.99. The molecular weight excluding hydrogens is 330 g/mol. The maximum absolute atomic E-state index is 12.1. The summed E-state index contributed by atoms with van der Waals surface area (Å²) in [7, 11) is 0. The highest BCUT2D eigenvalue weighted by Gasteiger charge is 2.15. The van der Waals surface area contributed by atoms with E-state index in [9.17, 15) is 4.79 Å². The topological polar surface area (TPSA) is 45.2 Å². The normalized spacial score (nSPS) is 16.0. The van der Waals surface area contributed by atoms with Crippen molar-refractivity contribution in [3.8, 4) is 10.6 Å². The largest absolute Gasteiger partial charge is 0.356 e. The molecule has 0 atom stereocenters. The molecule has 1 aliphatic heterocycles. The second-order valence-corrected chi connectivity index (χ2v) is 7.77. The molecule has 1 N–H and O–H groups in total. The Hall–Kier alpha value is -1.72. The molecule has 0 saturated carbocycles. The minimum Gasteiger partial charge on any atom is -0.356 e. The number of aromatic nitrogens is 1. The van der Waals surface area contributed by atoms with Crippen molar-refractivity contribution in [2.75, 3.05) is 26.2 Å². The van der Waals surface area contributed by atoms with E-state index in [-0.39, 0.29) is 5.91 Å². The molecule has 1 aromatic carbocycles. The number of thiazole rings is 1. The van der Waals surface area contributed by atoms with Crippen LogP contribution in [0.3, 0.4) is 0 Å². The summed E-state index contributed by atoms with van der Waals surface area (Å²) in [6.45, 7) is 6.58. The standard InChI is InChI=1S/C20H27N3OS/c1-16-8-12-23(13-9-16)11-5-10-21-19(24)14-18-15-25-20(22-18)17-6-3-2-4-7-17/h2-4,6-7,15-16H,5,8-14H2,1H3,(H,21,24). The van der Waals surface area contributed by atoms with Crippen molar-refractivity contribution in [3.63, 3.8) is 0 Å². The van der Waals surface area contributed by atoms with Gasteiger partial charge in [0.25, 0.3) is 0 Å². The van der Waals surface area contributed by atoms with Crippen molar-refractivity contribution in [2.24, 2.45) is 5.92 Å². The van der Waals surface area contributed by atoms with Crippen molar-refractivity contribution in [2.45, 2.75) is 32.6 Å². The van der Waals surface area contributed by atoms with Crippen LogP contribution >= 0.6 is 11.3 Å². The van der Waals surface area contributed by atoms with Crippen LogP contribution in [0.2, 0.25) is 0 Å². The third kappa shape index (κ3) is 5.65. The first-order chi connectivity index (χ1) is 12.2. The van der Waals surface area contributed by atoms with Crippen molar-refractivity contribution < 1.29 is 4.79 Å². The molecule has 1 aromatic heterocycles. The van der Waals surface area contributed by atoms with Gasteiger partial charge < -0.3 is 10.2 Å². The average molecular weight is 358 g/mol. The zero-order valence-electron chi connectivity index (χ0n) is 14.9. The number of carbonyl (C=O) groups excluding carboxylic acids is 1. The van der Waals surface area contributed by atoms with E-state index in [0.29, 0.717) is 6.42 Å². The van der Waals surface area contributed by atoms with Crippen LogP contribution in [0.4, 0.5) is 0 Å². The number of nitrogens with zero attached hydrogens (tertiary/aromatic N) is 2. The van der Waals surface area contributed by atoms with Gasteiger partial charge in [-0.25, -0.2) is 4.98 Å². The number of amides is 1. The van der Waals surface area contributed by atoms with E-state index in [4.69, 9.17) is 0 Å². The fourth-order valence-electron chi connectivity index (χ4n) is 3.14. The molecule has 1 saturated heterocycles. The van der Waals surface area contributed by atoms with E-state index in [0.717, 1.165) is 41.7 Å². The number of piperidine rings is 1. The van der Waals surface area contributed by atoms with Crippen molar-refractivity contribution in [1.82, 2.24) is 15.2 Å². The van der Waals surface area contributed by atoms with Gasteiger partial charge in [0.2, 0.25) is 5.91 Å². The monoisotopic (exact) mass is 357 g/mol. The van der Waals surface area contributed by atoms with Crippen molar-refractivity contribution in [3.05, 3.63) is 41.4 Å². The molecule has 0 aliphatic carbocycles. The third-order valence-corrected chi connectivity index (χ3v) is 5.70. The molecule has 0 spiro atoms. The van der Waals surface area contributed by atoms with Crippen LogP contribution in [-0.2, 0) is 11.2 Å². The average Bonchev–Trinajstić information content (AvgIpc) is 3.09. The molecule has 0 bridgehead atoms. The van der Waals surface area contributed by atoms with E-state index in [1.807, 2.05) is 35.7 Å². The molecular formula is C20H27N3OS. The van der Waals surface area contributed by atoms with Gasteiger partial charge in [0.05, 0.1) is 12.1 Å². The lowest BCUT2D eigenvalue weighted by Gasteiger charge is -2.30. The Morgan fingerprint density at radius 3 is 2.80 bits per heavy atom. The Morgan fingerprint density at radius 1 is 1.28 bits per heavy atom. The Labute approximate surface area is 154 Å². The van der Waals surface area contributed by atoms with Gasteiger partial charge >= 0.3 is 0 Å². The van der Waals surface area contributed by atoms with Crippen molar-refractivity contribution in [1.29, 1.82) is 0 Å². The molecule has 1 aliphatic rings. The van der Waals surface area contributed by atoms with Gasteiger partial charge in [-0.3, -0.25) is 4.79 Å². The molecule has 4 nitrogen and oxygen atoms in total. The molecule has 5 heteroatoms. The number of benzene rings is 1. The summed E-state index contributed by atoms with van der Waals surface area (Å²) < 4.78 is 0. The van der Waals surface area contributed by atoms with E-state index in [2.05, 4.69) is 22.1 Å². The highest BCUT2D eigenvalue weighted by molar-refractivity contribution is 7.13. The third-order valence-electron chi connectivity index (χ3n) is 4.76. The fourth-order valence-corrected chi connectivity index (χ4v) is 3.97. The molecule has 134 valence electrons. The minimum absolute atomic E-state index is 0.0668. The smallest absolute Gasteiger partial charge is 0.226 e. The number of hydrogen-bond acceptors (Lipinski definition) is 4. The number of carbonyl (C=O) groups is 1. The first kappa shape index (κ1) is 18.1. The Kier molecular flexibility index (Phi) is 6.59. The van der Waals surface area contributed by atoms with Gasteiger partial charge in [-0.05, 0) is 44.8 Å². The molecule has 0 unspecified atom stereocenters. The lowest BCUT2D eigenvalue weighted by molar-refractivity contribution is -0.120. The summed E-state index contributed by atoms with van der Waals surface area (Å²) in [5.41, 5.74) is 1.96. The summed E-state index contributed by atoms with van der Waals surface area (Å²) >= 11 is 1.59. The van der Waals surface area contributed by atoms with Crippen LogP contribution < -0.4 is 5.32 Å². The van der Waals surface area contributed by atoms with Gasteiger partial charge in [-0.15, -0.1) is 11.3 Å². The first-order valence-electron chi connectivity index (χ1n) is 9.19. The van der Waals surface area contributed by atoms with Crippen molar-refractivity contribution >= 4 is 17.2 Å². The highest BCUT2D eigenvalue weighted by atomic mass is 32.1. The van der Waals surface area contributed by atoms with Crippen LogP contribution in [0, 0.1) is 5.92 Å². The molecule has 25 heavy (non-hydrogen) atoms. The maximum Gasteiger partial charge on any atom is 0.226 e. The van der Waals surface area contributed by atoms with E-state index in [1.165, 1.54) is 25.9 Å². The number of nitrogens with one attached hydrogen (secondary N) is 1. The van der Waals surface area contributed by atoms with Crippen LogP contribution in [0.15, 0.2) is 35.7 Å². The predicted molar refractivity (Wildman–Crippen MR) is 104 cm³/mol. The molecule has 1 fully saturated rings. The van der Waals surface area contributed by atoms with Gasteiger partial charge in [-0.2, -0.15) is 0 Å². The van der Waals surface area contributed by atoms with E-state index < -0.39 is 0 Å². The quantitative estimate of drug-likeness (QED) is 0.770. The van der Waals surface area contributed by atoms with Gasteiger partial charge in [0.1, 0.15) is 5.01 Å². The minimum atomic E-state index is 0.0668. The zero-order chi connectivity index (χ0) is 17.5. The summed E-state index contributed by atoms with van der Waals surface area (Å²) in [6, 6.07) is 10.1. The summed E-state index contributed by atoms with van der Waals surface area (Å²) in [6.07, 6.45) is 4.00.